The third-order valence-corrected chi connectivity index (χ3v) is 5.26. The summed E-state index contributed by atoms with van der Waals surface area (Å²) in [5, 5.41) is 2.34. The molecule has 0 amide bonds. The standard InChI is InChI=1S/C30H26N2/c1-31(2)29-26(17-15-23-11-7-5-8-12-23)21-19-25-20-22-27(30(28(25)29)32(3)4)18-16-24-13-9-6-10-14-24/h5-14,19-22H,1-4H3. The molecule has 0 fully saturated rings. The zero-order chi connectivity index (χ0) is 22.5. The molecule has 4 aromatic rings. The van der Waals surface area contributed by atoms with Gasteiger partial charge < -0.3 is 9.80 Å². The fourth-order valence-corrected chi connectivity index (χ4v) is 3.83. The molecule has 0 saturated heterocycles. The lowest BCUT2D eigenvalue weighted by molar-refractivity contribution is 1.12. The zero-order valence-electron chi connectivity index (χ0n) is 19.0. The lowest BCUT2D eigenvalue weighted by atomic mass is 9.97. The van der Waals surface area contributed by atoms with Crippen LogP contribution in [0, 0.1) is 23.7 Å². The van der Waals surface area contributed by atoms with Gasteiger partial charge in [0.1, 0.15) is 0 Å². The van der Waals surface area contributed by atoms with E-state index in [1.54, 1.807) is 0 Å². The van der Waals surface area contributed by atoms with Gasteiger partial charge in [-0.3, -0.25) is 0 Å². The number of benzene rings is 4. The topological polar surface area (TPSA) is 6.48 Å². The summed E-state index contributed by atoms with van der Waals surface area (Å²) in [6, 6.07) is 28.7. The van der Waals surface area contributed by atoms with E-state index in [1.807, 2.05) is 60.7 Å². The molecule has 32 heavy (non-hydrogen) atoms. The molecule has 0 bridgehead atoms. The van der Waals surface area contributed by atoms with E-state index >= 15 is 0 Å². The Balaban J connectivity index is 1.94. The van der Waals surface area contributed by atoms with Crippen molar-refractivity contribution in [2.75, 3.05) is 38.0 Å². The molecule has 0 aromatic heterocycles. The van der Waals surface area contributed by atoms with Crippen molar-refractivity contribution < 1.29 is 0 Å². The van der Waals surface area contributed by atoms with Gasteiger partial charge in [0.05, 0.1) is 11.4 Å². The summed E-state index contributed by atoms with van der Waals surface area (Å²) in [5.41, 5.74) is 6.24. The van der Waals surface area contributed by atoms with Crippen LogP contribution in [0.15, 0.2) is 84.9 Å². The summed E-state index contributed by atoms with van der Waals surface area (Å²) in [4.78, 5) is 4.30. The van der Waals surface area contributed by atoms with Gasteiger partial charge in [0.25, 0.3) is 0 Å². The average molecular weight is 415 g/mol. The van der Waals surface area contributed by atoms with E-state index < -0.39 is 0 Å². The van der Waals surface area contributed by atoms with Crippen molar-refractivity contribution in [1.29, 1.82) is 0 Å². The Morgan fingerprint density at radius 3 is 1.25 bits per heavy atom. The number of nitrogens with zero attached hydrogens (tertiary/aromatic N) is 2. The molecule has 4 rings (SSSR count). The summed E-state index contributed by atoms with van der Waals surface area (Å²) >= 11 is 0. The van der Waals surface area contributed by atoms with Crippen LogP contribution in [0.1, 0.15) is 22.3 Å². The maximum atomic E-state index is 3.40. The van der Waals surface area contributed by atoms with Crippen molar-refractivity contribution in [3.05, 3.63) is 107 Å². The quantitative estimate of drug-likeness (QED) is 0.384. The van der Waals surface area contributed by atoms with Gasteiger partial charge in [-0.2, -0.15) is 0 Å². The SMILES string of the molecule is CN(C)c1c(C#Cc2ccccc2)ccc2ccc(C#Cc3ccccc3)c(N(C)C)c12. The van der Waals surface area contributed by atoms with Gasteiger partial charge in [0.15, 0.2) is 0 Å². The van der Waals surface area contributed by atoms with Crippen LogP contribution in [0.2, 0.25) is 0 Å². The summed E-state index contributed by atoms with van der Waals surface area (Å²) in [6.45, 7) is 0. The molecule has 0 saturated carbocycles. The summed E-state index contributed by atoms with van der Waals surface area (Å²) in [5.74, 6) is 13.4. The molecule has 2 heteroatoms. The normalized spacial score (nSPS) is 10.0. The maximum Gasteiger partial charge on any atom is 0.0621 e. The van der Waals surface area contributed by atoms with Gasteiger partial charge in [-0.1, -0.05) is 72.2 Å². The monoisotopic (exact) mass is 414 g/mol. The van der Waals surface area contributed by atoms with Crippen molar-refractivity contribution >= 4 is 22.1 Å². The van der Waals surface area contributed by atoms with Crippen LogP contribution in [-0.2, 0) is 0 Å². The highest BCUT2D eigenvalue weighted by molar-refractivity contribution is 6.07. The number of hydrogen-bond acceptors (Lipinski definition) is 2. The molecule has 156 valence electrons. The van der Waals surface area contributed by atoms with Crippen LogP contribution in [0.25, 0.3) is 10.8 Å². The van der Waals surface area contributed by atoms with E-state index in [0.29, 0.717) is 0 Å². The van der Waals surface area contributed by atoms with Gasteiger partial charge >= 0.3 is 0 Å². The Morgan fingerprint density at radius 1 is 0.469 bits per heavy atom. The van der Waals surface area contributed by atoms with Gasteiger partial charge in [0.2, 0.25) is 0 Å². The smallest absolute Gasteiger partial charge is 0.0621 e. The maximum absolute atomic E-state index is 3.40. The number of hydrogen-bond donors (Lipinski definition) is 0. The van der Waals surface area contributed by atoms with E-state index in [1.165, 1.54) is 10.8 Å². The molecule has 0 spiro atoms. The molecule has 4 aromatic carbocycles. The Kier molecular flexibility index (Phi) is 6.16. The number of anilines is 2. The molecule has 0 heterocycles. The second-order valence-corrected chi connectivity index (χ2v) is 8.04. The molecule has 0 unspecified atom stereocenters. The highest BCUT2D eigenvalue weighted by Gasteiger charge is 2.16. The minimum atomic E-state index is 1.00. The molecule has 0 radical (unpaired) electrons. The molecular weight excluding hydrogens is 388 g/mol. The predicted octanol–water partition coefficient (Wildman–Crippen LogP) is 5.77. The largest absolute Gasteiger partial charge is 0.376 e. The Hall–Kier alpha value is -4.14. The van der Waals surface area contributed by atoms with E-state index in [9.17, 15) is 0 Å². The first-order valence-electron chi connectivity index (χ1n) is 10.6. The van der Waals surface area contributed by atoms with E-state index in [0.717, 1.165) is 33.6 Å². The predicted molar refractivity (Wildman–Crippen MR) is 137 cm³/mol. The first-order chi connectivity index (χ1) is 15.5. The van der Waals surface area contributed by atoms with Crippen LogP contribution >= 0.6 is 0 Å². The van der Waals surface area contributed by atoms with Crippen molar-refractivity contribution in [3.63, 3.8) is 0 Å². The Bertz CT molecular complexity index is 1260. The molecule has 2 nitrogen and oxygen atoms in total. The second kappa shape index (κ2) is 9.34. The summed E-state index contributed by atoms with van der Waals surface area (Å²) in [6.07, 6.45) is 0. The number of rotatable bonds is 2. The fourth-order valence-electron chi connectivity index (χ4n) is 3.83. The average Bonchev–Trinajstić information content (AvgIpc) is 2.81. The van der Waals surface area contributed by atoms with E-state index in [-0.39, 0.29) is 0 Å². The van der Waals surface area contributed by atoms with Gasteiger partial charge in [-0.05, 0) is 41.8 Å². The number of fused-ring (bicyclic) bond motifs is 1. The van der Waals surface area contributed by atoms with Gasteiger partial charge in [0, 0.05) is 55.8 Å². The third kappa shape index (κ3) is 4.46. The second-order valence-electron chi connectivity index (χ2n) is 8.04. The van der Waals surface area contributed by atoms with Crippen LogP contribution in [-0.4, -0.2) is 28.2 Å². The minimum absolute atomic E-state index is 1.00. The van der Waals surface area contributed by atoms with Crippen LogP contribution in [0.4, 0.5) is 11.4 Å². The van der Waals surface area contributed by atoms with E-state index in [4.69, 9.17) is 0 Å². The fraction of sp³-hybridized carbons (Fsp3) is 0.133. The molecule has 0 aliphatic rings. The van der Waals surface area contributed by atoms with Gasteiger partial charge in [-0.15, -0.1) is 0 Å². The van der Waals surface area contributed by atoms with Crippen LogP contribution in [0.5, 0.6) is 0 Å². The summed E-state index contributed by atoms with van der Waals surface area (Å²) in [7, 11) is 8.29. The molecular formula is C30H26N2. The zero-order valence-corrected chi connectivity index (χ0v) is 19.0. The lowest BCUT2D eigenvalue weighted by Crippen LogP contribution is -2.15. The minimum Gasteiger partial charge on any atom is -0.376 e. The molecule has 0 aliphatic carbocycles. The van der Waals surface area contributed by atoms with Crippen molar-refractivity contribution in [2.24, 2.45) is 0 Å². The van der Waals surface area contributed by atoms with Gasteiger partial charge in [-0.25, -0.2) is 0 Å². The summed E-state index contributed by atoms with van der Waals surface area (Å²) < 4.78 is 0. The third-order valence-electron chi connectivity index (χ3n) is 5.26. The first-order valence-corrected chi connectivity index (χ1v) is 10.6. The molecule has 0 N–H and O–H groups in total. The highest BCUT2D eigenvalue weighted by Crippen LogP contribution is 2.38. The lowest BCUT2D eigenvalue weighted by Gasteiger charge is -2.24. The molecule has 0 atom stereocenters. The highest BCUT2D eigenvalue weighted by atomic mass is 15.1. The Labute approximate surface area is 191 Å². The first kappa shape index (κ1) is 21.1. The molecule has 0 aliphatic heterocycles. The van der Waals surface area contributed by atoms with Crippen LogP contribution in [0.3, 0.4) is 0 Å². The van der Waals surface area contributed by atoms with E-state index in [2.05, 4.69) is 85.9 Å². The Morgan fingerprint density at radius 2 is 0.875 bits per heavy atom. The van der Waals surface area contributed by atoms with Crippen LogP contribution < -0.4 is 9.80 Å². The van der Waals surface area contributed by atoms with Crippen molar-refractivity contribution in [1.82, 2.24) is 0 Å². The van der Waals surface area contributed by atoms with Crippen molar-refractivity contribution in [2.45, 2.75) is 0 Å². The van der Waals surface area contributed by atoms with Crippen molar-refractivity contribution in [3.8, 4) is 23.7 Å².